The smallest absolute Gasteiger partial charge is 0.191 e. The first-order chi connectivity index (χ1) is 9.10. The van der Waals surface area contributed by atoms with Gasteiger partial charge in [0.1, 0.15) is 0 Å². The number of likely N-dealkylation sites (tertiary alicyclic amines) is 1. The molecule has 2 rings (SSSR count). The van der Waals surface area contributed by atoms with Gasteiger partial charge in [0.25, 0.3) is 0 Å². The van der Waals surface area contributed by atoms with Crippen LogP contribution in [0.25, 0.3) is 0 Å². The molecule has 4 nitrogen and oxygen atoms in total. The van der Waals surface area contributed by atoms with E-state index in [1.807, 2.05) is 7.05 Å². The fourth-order valence-corrected chi connectivity index (χ4v) is 2.74. The summed E-state index contributed by atoms with van der Waals surface area (Å²) in [6, 6.07) is 1.22. The molecule has 3 unspecified atom stereocenters. The lowest BCUT2D eigenvalue weighted by atomic mass is 9.98. The Morgan fingerprint density at radius 1 is 1.32 bits per heavy atom. The fraction of sp³-hybridized carbons (Fsp3) is 0.933. The zero-order chi connectivity index (χ0) is 13.8. The summed E-state index contributed by atoms with van der Waals surface area (Å²) >= 11 is 0. The molecule has 0 bridgehead atoms. The Morgan fingerprint density at radius 2 is 1.95 bits per heavy atom. The molecule has 1 aliphatic carbocycles. The van der Waals surface area contributed by atoms with Gasteiger partial charge in [-0.2, -0.15) is 0 Å². The normalized spacial score (nSPS) is 31.1. The Hall–Kier alpha value is -0.770. The van der Waals surface area contributed by atoms with Crippen molar-refractivity contribution in [3.63, 3.8) is 0 Å². The molecule has 0 radical (unpaired) electrons. The van der Waals surface area contributed by atoms with E-state index >= 15 is 0 Å². The molecule has 0 aromatic heterocycles. The highest BCUT2D eigenvalue weighted by Crippen LogP contribution is 2.28. The molecule has 1 aliphatic heterocycles. The van der Waals surface area contributed by atoms with Crippen molar-refractivity contribution in [3.05, 3.63) is 0 Å². The van der Waals surface area contributed by atoms with Crippen molar-refractivity contribution in [2.24, 2.45) is 16.8 Å². The van der Waals surface area contributed by atoms with Crippen molar-refractivity contribution >= 4 is 5.96 Å². The van der Waals surface area contributed by atoms with E-state index in [0.29, 0.717) is 12.1 Å². The van der Waals surface area contributed by atoms with E-state index in [1.165, 1.54) is 32.4 Å². The van der Waals surface area contributed by atoms with Crippen LogP contribution in [0.15, 0.2) is 4.99 Å². The van der Waals surface area contributed by atoms with Crippen LogP contribution in [0.4, 0.5) is 0 Å². The lowest BCUT2D eigenvalue weighted by Gasteiger charge is -2.35. The third kappa shape index (κ3) is 4.37. The maximum Gasteiger partial charge on any atom is 0.191 e. The molecular weight excluding hydrogens is 236 g/mol. The number of aliphatic imine (C=N–C) groups is 1. The summed E-state index contributed by atoms with van der Waals surface area (Å²) in [7, 11) is 1.86. The van der Waals surface area contributed by atoms with Gasteiger partial charge in [-0.05, 0) is 51.1 Å². The molecule has 3 atom stereocenters. The highest BCUT2D eigenvalue weighted by molar-refractivity contribution is 5.80. The number of rotatable bonds is 4. The van der Waals surface area contributed by atoms with Gasteiger partial charge in [-0.1, -0.05) is 13.8 Å². The quantitative estimate of drug-likeness (QED) is 0.601. The average molecular weight is 266 g/mol. The average Bonchev–Trinajstić information content (AvgIpc) is 3.10. The van der Waals surface area contributed by atoms with E-state index in [4.69, 9.17) is 0 Å². The Bertz CT molecular complexity index is 307. The molecule has 0 spiro atoms. The number of guanidine groups is 1. The third-order valence-electron chi connectivity index (χ3n) is 4.66. The molecule has 0 aromatic carbocycles. The Morgan fingerprint density at radius 3 is 2.47 bits per heavy atom. The van der Waals surface area contributed by atoms with Crippen molar-refractivity contribution in [3.8, 4) is 0 Å². The molecule has 110 valence electrons. The van der Waals surface area contributed by atoms with Gasteiger partial charge in [-0.25, -0.2) is 0 Å². The molecule has 2 N–H and O–H groups in total. The van der Waals surface area contributed by atoms with Crippen LogP contribution < -0.4 is 10.6 Å². The minimum Gasteiger partial charge on any atom is -0.355 e. The maximum absolute atomic E-state index is 4.31. The van der Waals surface area contributed by atoms with Crippen molar-refractivity contribution in [2.75, 3.05) is 26.7 Å². The largest absolute Gasteiger partial charge is 0.355 e. The van der Waals surface area contributed by atoms with Crippen LogP contribution in [0, 0.1) is 11.8 Å². The van der Waals surface area contributed by atoms with Gasteiger partial charge in [-0.15, -0.1) is 0 Å². The first-order valence-corrected chi connectivity index (χ1v) is 7.81. The SMILES string of the molecule is CN=C(NCC(C)N1CCC(C)CC1)NC1CC1C. The molecule has 0 aromatic rings. The Labute approximate surface area is 118 Å². The second-order valence-electron chi connectivity index (χ2n) is 6.48. The van der Waals surface area contributed by atoms with E-state index < -0.39 is 0 Å². The molecule has 4 heteroatoms. The van der Waals surface area contributed by atoms with Crippen molar-refractivity contribution < 1.29 is 0 Å². The number of nitrogens with zero attached hydrogens (tertiary/aromatic N) is 2. The van der Waals surface area contributed by atoms with E-state index in [9.17, 15) is 0 Å². The molecule has 1 saturated heterocycles. The number of hydrogen-bond donors (Lipinski definition) is 2. The molecule has 2 fully saturated rings. The predicted octanol–water partition coefficient (Wildman–Crippen LogP) is 1.68. The number of nitrogens with one attached hydrogen (secondary N) is 2. The fourth-order valence-electron chi connectivity index (χ4n) is 2.74. The lowest BCUT2D eigenvalue weighted by Crippen LogP contribution is -2.48. The van der Waals surface area contributed by atoms with Gasteiger partial charge >= 0.3 is 0 Å². The molecule has 19 heavy (non-hydrogen) atoms. The number of piperidine rings is 1. The van der Waals surface area contributed by atoms with Crippen LogP contribution in [0.2, 0.25) is 0 Å². The second kappa shape index (κ2) is 6.60. The maximum atomic E-state index is 4.31. The minimum atomic E-state index is 0.586. The summed E-state index contributed by atoms with van der Waals surface area (Å²) < 4.78 is 0. The zero-order valence-corrected chi connectivity index (χ0v) is 12.9. The van der Waals surface area contributed by atoms with Crippen molar-refractivity contribution in [1.29, 1.82) is 0 Å². The summed E-state index contributed by atoms with van der Waals surface area (Å²) in [5.41, 5.74) is 0. The summed E-state index contributed by atoms with van der Waals surface area (Å²) in [6.07, 6.45) is 3.97. The summed E-state index contributed by atoms with van der Waals surface area (Å²) in [6.45, 7) is 10.4. The molecule has 0 amide bonds. The summed E-state index contributed by atoms with van der Waals surface area (Å²) in [5.74, 6) is 2.67. The summed E-state index contributed by atoms with van der Waals surface area (Å²) in [4.78, 5) is 6.90. The molecule has 2 aliphatic rings. The first kappa shape index (κ1) is 14.6. The van der Waals surface area contributed by atoms with Crippen molar-refractivity contribution in [2.45, 2.75) is 52.1 Å². The van der Waals surface area contributed by atoms with Gasteiger partial charge in [0.05, 0.1) is 0 Å². The summed E-state index contributed by atoms with van der Waals surface area (Å²) in [5, 5.41) is 6.94. The Kier molecular flexibility index (Phi) is 5.08. The van der Waals surface area contributed by atoms with E-state index in [2.05, 4.69) is 41.3 Å². The van der Waals surface area contributed by atoms with Crippen LogP contribution in [0.5, 0.6) is 0 Å². The van der Waals surface area contributed by atoms with E-state index in [-0.39, 0.29) is 0 Å². The van der Waals surface area contributed by atoms with Gasteiger partial charge in [0, 0.05) is 25.7 Å². The minimum absolute atomic E-state index is 0.586. The zero-order valence-electron chi connectivity index (χ0n) is 12.9. The topological polar surface area (TPSA) is 39.7 Å². The van der Waals surface area contributed by atoms with Gasteiger partial charge in [-0.3, -0.25) is 9.89 Å². The monoisotopic (exact) mass is 266 g/mol. The molecule has 1 heterocycles. The molecule has 1 saturated carbocycles. The number of hydrogen-bond acceptors (Lipinski definition) is 2. The second-order valence-corrected chi connectivity index (χ2v) is 6.48. The lowest BCUT2D eigenvalue weighted by molar-refractivity contribution is 0.147. The van der Waals surface area contributed by atoms with Crippen LogP contribution in [0.3, 0.4) is 0 Å². The van der Waals surface area contributed by atoms with Gasteiger partial charge in [0.2, 0.25) is 0 Å². The van der Waals surface area contributed by atoms with E-state index in [1.54, 1.807) is 0 Å². The Balaban J connectivity index is 1.68. The third-order valence-corrected chi connectivity index (χ3v) is 4.66. The van der Waals surface area contributed by atoms with Gasteiger partial charge in [0.15, 0.2) is 5.96 Å². The van der Waals surface area contributed by atoms with Crippen LogP contribution in [0.1, 0.15) is 40.0 Å². The van der Waals surface area contributed by atoms with Crippen molar-refractivity contribution in [1.82, 2.24) is 15.5 Å². The highest BCUT2D eigenvalue weighted by Gasteiger charge is 2.33. The van der Waals surface area contributed by atoms with Gasteiger partial charge < -0.3 is 10.6 Å². The standard InChI is InChI=1S/C15H30N4/c1-11-5-7-19(8-6-11)13(3)10-17-15(16-4)18-14-9-12(14)2/h11-14H,5-10H2,1-4H3,(H2,16,17,18). The first-order valence-electron chi connectivity index (χ1n) is 7.81. The van der Waals surface area contributed by atoms with Crippen LogP contribution in [-0.2, 0) is 0 Å². The van der Waals surface area contributed by atoms with Crippen LogP contribution >= 0.6 is 0 Å². The van der Waals surface area contributed by atoms with Crippen LogP contribution in [-0.4, -0.2) is 49.6 Å². The highest BCUT2D eigenvalue weighted by atomic mass is 15.2. The molecular formula is C15H30N4. The predicted molar refractivity (Wildman–Crippen MR) is 81.5 cm³/mol. The van der Waals surface area contributed by atoms with E-state index in [0.717, 1.165) is 24.3 Å².